The van der Waals surface area contributed by atoms with Crippen molar-refractivity contribution in [1.82, 2.24) is 10.1 Å². The number of anilines is 1. The molecule has 0 spiro atoms. The molecule has 7 nitrogen and oxygen atoms in total. The molecule has 26 heavy (non-hydrogen) atoms. The molecule has 2 aromatic rings. The largest absolute Gasteiger partial charge is 0.382 e. The number of halogens is 1. The molecule has 8 heteroatoms. The van der Waals surface area contributed by atoms with Crippen molar-refractivity contribution in [3.63, 3.8) is 0 Å². The molecule has 0 unspecified atom stereocenters. The van der Waals surface area contributed by atoms with Crippen LogP contribution in [-0.2, 0) is 9.53 Å². The van der Waals surface area contributed by atoms with Gasteiger partial charge in [-0.15, -0.1) is 0 Å². The van der Waals surface area contributed by atoms with Gasteiger partial charge in [0.1, 0.15) is 12.3 Å². The summed E-state index contributed by atoms with van der Waals surface area (Å²) in [6.07, 6.45) is 0.622. The van der Waals surface area contributed by atoms with Crippen molar-refractivity contribution in [3.8, 4) is 0 Å². The van der Waals surface area contributed by atoms with E-state index in [1.807, 2.05) is 6.92 Å². The summed E-state index contributed by atoms with van der Waals surface area (Å²) in [6, 6.07) is 8.25. The topological polar surface area (TPSA) is 84.7 Å². The molecular formula is C18H22ClN3O4. The maximum atomic E-state index is 12.8. The Morgan fingerprint density at radius 2 is 2.15 bits per heavy atom. The number of hydrogen-bond donors (Lipinski definition) is 1. The van der Waals surface area contributed by atoms with Gasteiger partial charge in [-0.3, -0.25) is 9.59 Å². The number of aryl methyl sites for hydroxylation is 1. The lowest BCUT2D eigenvalue weighted by Crippen LogP contribution is -2.39. The molecule has 1 heterocycles. The number of ether oxygens (including phenoxy) is 1. The van der Waals surface area contributed by atoms with E-state index in [1.165, 1.54) is 4.90 Å². The van der Waals surface area contributed by atoms with Crippen LogP contribution in [0.1, 0.15) is 29.5 Å². The van der Waals surface area contributed by atoms with Gasteiger partial charge in [-0.2, -0.15) is 0 Å². The Kier molecular flexibility index (Phi) is 7.62. The average molecular weight is 380 g/mol. The van der Waals surface area contributed by atoms with Crippen molar-refractivity contribution in [2.45, 2.75) is 20.3 Å². The van der Waals surface area contributed by atoms with Gasteiger partial charge < -0.3 is 19.5 Å². The lowest BCUT2D eigenvalue weighted by Gasteiger charge is -2.22. The Labute approximate surface area is 157 Å². The van der Waals surface area contributed by atoms with Crippen molar-refractivity contribution in [2.24, 2.45) is 0 Å². The first-order chi connectivity index (χ1) is 12.5. The minimum absolute atomic E-state index is 0.108. The summed E-state index contributed by atoms with van der Waals surface area (Å²) < 4.78 is 10.2. The molecule has 0 fully saturated rings. The van der Waals surface area contributed by atoms with E-state index in [9.17, 15) is 9.59 Å². The van der Waals surface area contributed by atoms with Gasteiger partial charge >= 0.3 is 0 Å². The Bertz CT molecular complexity index is 748. The predicted molar refractivity (Wildman–Crippen MR) is 98.3 cm³/mol. The number of nitrogens with one attached hydrogen (secondary N) is 1. The SMILES string of the molecule is CCOCCCN(CC(=O)Nc1cc(C)on1)C(=O)c1cccc(Cl)c1. The van der Waals surface area contributed by atoms with Gasteiger partial charge in [0.2, 0.25) is 5.91 Å². The van der Waals surface area contributed by atoms with E-state index >= 15 is 0 Å². The fourth-order valence-electron chi connectivity index (χ4n) is 2.34. The second kappa shape index (κ2) is 9.94. The highest BCUT2D eigenvalue weighted by atomic mass is 35.5. The van der Waals surface area contributed by atoms with Gasteiger partial charge in [0.25, 0.3) is 5.91 Å². The summed E-state index contributed by atoms with van der Waals surface area (Å²) in [6.45, 7) is 5.03. The van der Waals surface area contributed by atoms with E-state index in [4.69, 9.17) is 20.9 Å². The van der Waals surface area contributed by atoms with E-state index in [1.54, 1.807) is 37.3 Å². The standard InChI is InChI=1S/C18H22ClN3O4/c1-3-25-9-5-8-22(18(24)14-6-4-7-15(19)11-14)12-17(23)20-16-10-13(2)26-21-16/h4,6-7,10-11H,3,5,8-9,12H2,1-2H3,(H,20,21,23). The molecule has 0 bridgehead atoms. The van der Waals surface area contributed by atoms with Crippen molar-refractivity contribution in [2.75, 3.05) is 31.6 Å². The summed E-state index contributed by atoms with van der Waals surface area (Å²) in [5.41, 5.74) is 0.430. The zero-order chi connectivity index (χ0) is 18.9. The Morgan fingerprint density at radius 1 is 1.35 bits per heavy atom. The molecule has 0 aliphatic heterocycles. The monoisotopic (exact) mass is 379 g/mol. The summed E-state index contributed by atoms with van der Waals surface area (Å²) in [5.74, 6) is 0.279. The molecule has 0 aliphatic carbocycles. The van der Waals surface area contributed by atoms with Crippen LogP contribution in [0.4, 0.5) is 5.82 Å². The second-order valence-corrected chi connectivity index (χ2v) is 6.09. The highest BCUT2D eigenvalue weighted by molar-refractivity contribution is 6.31. The zero-order valence-electron chi connectivity index (χ0n) is 14.8. The van der Waals surface area contributed by atoms with Crippen molar-refractivity contribution in [3.05, 3.63) is 46.7 Å². The summed E-state index contributed by atoms with van der Waals surface area (Å²) in [5, 5.41) is 6.80. The quantitative estimate of drug-likeness (QED) is 0.676. The molecule has 1 aromatic heterocycles. The van der Waals surface area contributed by atoms with Crippen LogP contribution in [0.5, 0.6) is 0 Å². The lowest BCUT2D eigenvalue weighted by molar-refractivity contribution is -0.117. The number of rotatable bonds is 9. The normalized spacial score (nSPS) is 10.6. The minimum Gasteiger partial charge on any atom is -0.382 e. The molecule has 1 N–H and O–H groups in total. The Morgan fingerprint density at radius 3 is 2.81 bits per heavy atom. The maximum absolute atomic E-state index is 12.8. The van der Waals surface area contributed by atoms with Crippen molar-refractivity contribution in [1.29, 1.82) is 0 Å². The van der Waals surface area contributed by atoms with E-state index in [0.29, 0.717) is 48.3 Å². The third-order valence-corrected chi connectivity index (χ3v) is 3.74. The Hall–Kier alpha value is -2.38. The van der Waals surface area contributed by atoms with Crippen molar-refractivity contribution < 1.29 is 18.8 Å². The number of benzene rings is 1. The summed E-state index contributed by atoms with van der Waals surface area (Å²) >= 11 is 5.97. The van der Waals surface area contributed by atoms with Crippen LogP contribution < -0.4 is 5.32 Å². The third-order valence-electron chi connectivity index (χ3n) is 3.51. The van der Waals surface area contributed by atoms with Crippen LogP contribution in [-0.4, -0.2) is 48.2 Å². The number of hydrogen-bond acceptors (Lipinski definition) is 5. The van der Waals surface area contributed by atoms with Gasteiger partial charge in [0, 0.05) is 36.4 Å². The first-order valence-corrected chi connectivity index (χ1v) is 8.73. The highest BCUT2D eigenvalue weighted by Gasteiger charge is 2.19. The van der Waals surface area contributed by atoms with E-state index in [2.05, 4.69) is 10.5 Å². The van der Waals surface area contributed by atoms with Crippen LogP contribution in [0.25, 0.3) is 0 Å². The Balaban J connectivity index is 2.04. The minimum atomic E-state index is -0.356. The number of aromatic nitrogens is 1. The zero-order valence-corrected chi connectivity index (χ0v) is 15.6. The second-order valence-electron chi connectivity index (χ2n) is 5.66. The molecule has 140 valence electrons. The molecule has 2 rings (SSSR count). The van der Waals surface area contributed by atoms with Crippen molar-refractivity contribution >= 4 is 29.2 Å². The van der Waals surface area contributed by atoms with Gasteiger partial charge in [-0.1, -0.05) is 22.8 Å². The molecule has 2 amide bonds. The number of amides is 2. The smallest absolute Gasteiger partial charge is 0.254 e. The first kappa shape index (κ1) is 19.9. The molecule has 1 aromatic carbocycles. The van der Waals surface area contributed by atoms with E-state index in [-0.39, 0.29) is 18.4 Å². The van der Waals surface area contributed by atoms with Crippen LogP contribution in [0.15, 0.2) is 34.9 Å². The van der Waals surface area contributed by atoms with E-state index < -0.39 is 0 Å². The lowest BCUT2D eigenvalue weighted by atomic mass is 10.2. The highest BCUT2D eigenvalue weighted by Crippen LogP contribution is 2.14. The van der Waals surface area contributed by atoms with Crippen LogP contribution in [0, 0.1) is 6.92 Å². The molecule has 0 aliphatic rings. The molecule has 0 saturated heterocycles. The maximum Gasteiger partial charge on any atom is 0.254 e. The van der Waals surface area contributed by atoms with Crippen LogP contribution >= 0.6 is 11.6 Å². The van der Waals surface area contributed by atoms with Crippen LogP contribution in [0.3, 0.4) is 0 Å². The van der Waals surface area contributed by atoms with Gasteiger partial charge in [-0.25, -0.2) is 0 Å². The number of nitrogens with zero attached hydrogens (tertiary/aromatic N) is 2. The first-order valence-electron chi connectivity index (χ1n) is 8.35. The fourth-order valence-corrected chi connectivity index (χ4v) is 2.53. The van der Waals surface area contributed by atoms with Gasteiger partial charge in [0.15, 0.2) is 5.82 Å². The summed E-state index contributed by atoms with van der Waals surface area (Å²) in [7, 11) is 0. The predicted octanol–water partition coefficient (Wildman–Crippen LogP) is 3.14. The molecular weight excluding hydrogens is 358 g/mol. The van der Waals surface area contributed by atoms with Crippen LogP contribution in [0.2, 0.25) is 5.02 Å². The summed E-state index contributed by atoms with van der Waals surface area (Å²) in [4.78, 5) is 26.5. The molecule has 0 saturated carbocycles. The van der Waals surface area contributed by atoms with E-state index in [0.717, 1.165) is 0 Å². The molecule has 0 radical (unpaired) electrons. The van der Waals surface area contributed by atoms with Gasteiger partial charge in [-0.05, 0) is 38.5 Å². The third kappa shape index (κ3) is 6.16. The number of carbonyl (C=O) groups excluding carboxylic acids is 2. The molecule has 0 atom stereocenters. The average Bonchev–Trinajstić information content (AvgIpc) is 3.01. The fraction of sp³-hybridized carbons (Fsp3) is 0.389. The van der Waals surface area contributed by atoms with Gasteiger partial charge in [0.05, 0.1) is 0 Å². The number of carbonyl (C=O) groups is 2.